The Labute approximate surface area is 149 Å². The van der Waals surface area contributed by atoms with Crippen molar-refractivity contribution >= 4 is 5.91 Å². The van der Waals surface area contributed by atoms with Crippen LogP contribution in [0, 0.1) is 12.8 Å². The van der Waals surface area contributed by atoms with Crippen molar-refractivity contribution in [3.8, 4) is 0 Å². The fourth-order valence-corrected chi connectivity index (χ4v) is 3.30. The maximum absolute atomic E-state index is 12.2. The van der Waals surface area contributed by atoms with E-state index in [-0.39, 0.29) is 12.0 Å². The molecule has 132 valence electrons. The minimum atomic E-state index is 0.0745. The second-order valence-corrected chi connectivity index (χ2v) is 6.73. The lowest BCUT2D eigenvalue weighted by atomic mass is 9.89. The first-order valence-corrected chi connectivity index (χ1v) is 9.07. The van der Waals surface area contributed by atoms with E-state index < -0.39 is 0 Å². The number of pyridine rings is 1. The molecule has 1 aromatic carbocycles. The van der Waals surface area contributed by atoms with Gasteiger partial charge >= 0.3 is 0 Å². The third-order valence-electron chi connectivity index (χ3n) is 4.75. The summed E-state index contributed by atoms with van der Waals surface area (Å²) in [7, 11) is 0. The Kier molecular flexibility index (Phi) is 6.18. The van der Waals surface area contributed by atoms with E-state index in [9.17, 15) is 4.79 Å². The van der Waals surface area contributed by atoms with E-state index in [0.29, 0.717) is 25.3 Å². The zero-order valence-electron chi connectivity index (χ0n) is 14.8. The summed E-state index contributed by atoms with van der Waals surface area (Å²) in [6.45, 7) is 3.55. The second-order valence-electron chi connectivity index (χ2n) is 6.73. The van der Waals surface area contributed by atoms with E-state index in [1.807, 2.05) is 18.2 Å². The van der Waals surface area contributed by atoms with Crippen molar-refractivity contribution in [2.75, 3.05) is 13.2 Å². The first-order chi connectivity index (χ1) is 12.2. The van der Waals surface area contributed by atoms with Crippen LogP contribution in [-0.2, 0) is 16.0 Å². The predicted octanol–water partition coefficient (Wildman–Crippen LogP) is 3.61. The molecule has 2 heterocycles. The topological polar surface area (TPSA) is 51.2 Å². The van der Waals surface area contributed by atoms with Gasteiger partial charge in [0.05, 0.1) is 6.10 Å². The van der Waals surface area contributed by atoms with Crippen LogP contribution in [0.4, 0.5) is 0 Å². The highest BCUT2D eigenvalue weighted by Crippen LogP contribution is 2.33. The van der Waals surface area contributed by atoms with Crippen LogP contribution in [0.15, 0.2) is 48.7 Å². The molecular formula is C21H26N2O2. The summed E-state index contributed by atoms with van der Waals surface area (Å²) < 4.78 is 6.02. The second kappa shape index (κ2) is 8.77. The molecule has 1 N–H and O–H groups in total. The number of amides is 1. The molecule has 1 amide bonds. The normalized spacial score (nSPS) is 20.2. The molecule has 25 heavy (non-hydrogen) atoms. The van der Waals surface area contributed by atoms with E-state index >= 15 is 0 Å². The Balaban J connectivity index is 1.51. The molecule has 1 saturated heterocycles. The predicted molar refractivity (Wildman–Crippen MR) is 98.2 cm³/mol. The van der Waals surface area contributed by atoms with Crippen LogP contribution < -0.4 is 5.32 Å². The standard InChI is InChI=1S/C21H26N2O2/c1-16-7-9-17(10-8-16)21-18(5-4-14-25-21)15-23-20(24)12-11-19-6-2-3-13-22-19/h2-3,6-10,13,18,21H,4-5,11-12,14-15H2,1H3,(H,23,24)/t18-,21-/m1/s1. The molecule has 0 unspecified atom stereocenters. The van der Waals surface area contributed by atoms with Gasteiger partial charge in [0.1, 0.15) is 0 Å². The molecule has 2 aromatic rings. The molecule has 0 radical (unpaired) electrons. The Morgan fingerprint density at radius 3 is 2.84 bits per heavy atom. The van der Waals surface area contributed by atoms with Crippen LogP contribution >= 0.6 is 0 Å². The number of rotatable bonds is 6. The van der Waals surface area contributed by atoms with Gasteiger partial charge in [0.25, 0.3) is 0 Å². The fourth-order valence-electron chi connectivity index (χ4n) is 3.30. The zero-order chi connectivity index (χ0) is 17.5. The van der Waals surface area contributed by atoms with Gasteiger partial charge in [-0.3, -0.25) is 9.78 Å². The maximum atomic E-state index is 12.2. The number of ether oxygens (including phenoxy) is 1. The highest BCUT2D eigenvalue weighted by Gasteiger charge is 2.27. The van der Waals surface area contributed by atoms with Crippen molar-refractivity contribution in [3.05, 3.63) is 65.5 Å². The Morgan fingerprint density at radius 1 is 1.24 bits per heavy atom. The average molecular weight is 338 g/mol. The van der Waals surface area contributed by atoms with E-state index in [2.05, 4.69) is 41.5 Å². The van der Waals surface area contributed by atoms with Crippen LogP contribution in [0.5, 0.6) is 0 Å². The summed E-state index contributed by atoms with van der Waals surface area (Å²) in [4.78, 5) is 16.4. The lowest BCUT2D eigenvalue weighted by Gasteiger charge is -2.32. The molecule has 1 aliphatic rings. The van der Waals surface area contributed by atoms with Crippen molar-refractivity contribution in [2.24, 2.45) is 5.92 Å². The Morgan fingerprint density at radius 2 is 2.08 bits per heavy atom. The summed E-state index contributed by atoms with van der Waals surface area (Å²) >= 11 is 0. The fraction of sp³-hybridized carbons (Fsp3) is 0.429. The van der Waals surface area contributed by atoms with E-state index in [1.54, 1.807) is 6.20 Å². The highest BCUT2D eigenvalue weighted by molar-refractivity contribution is 5.76. The number of aryl methyl sites for hydroxylation is 2. The van der Waals surface area contributed by atoms with Crippen molar-refractivity contribution in [2.45, 2.75) is 38.7 Å². The number of carbonyl (C=O) groups is 1. The number of hydrogen-bond donors (Lipinski definition) is 1. The van der Waals surface area contributed by atoms with Crippen molar-refractivity contribution in [3.63, 3.8) is 0 Å². The van der Waals surface area contributed by atoms with Gasteiger partial charge in [-0.1, -0.05) is 35.9 Å². The number of carbonyl (C=O) groups excluding carboxylic acids is 1. The number of nitrogens with one attached hydrogen (secondary N) is 1. The van der Waals surface area contributed by atoms with Gasteiger partial charge in [0.2, 0.25) is 5.91 Å². The molecule has 0 aliphatic carbocycles. The molecule has 1 fully saturated rings. The highest BCUT2D eigenvalue weighted by atomic mass is 16.5. The van der Waals surface area contributed by atoms with Gasteiger partial charge in [-0.15, -0.1) is 0 Å². The Hall–Kier alpha value is -2.20. The van der Waals surface area contributed by atoms with Crippen molar-refractivity contribution in [1.82, 2.24) is 10.3 Å². The molecule has 1 aromatic heterocycles. The number of hydrogen-bond acceptors (Lipinski definition) is 3. The van der Waals surface area contributed by atoms with E-state index in [1.165, 1.54) is 11.1 Å². The average Bonchev–Trinajstić information content (AvgIpc) is 2.66. The third kappa shape index (κ3) is 5.13. The quantitative estimate of drug-likeness (QED) is 0.875. The number of benzene rings is 1. The van der Waals surface area contributed by atoms with Gasteiger partial charge in [-0.05, 0) is 43.9 Å². The summed E-state index contributed by atoms with van der Waals surface area (Å²) in [5.74, 6) is 0.411. The van der Waals surface area contributed by atoms with Crippen LogP contribution in [0.3, 0.4) is 0 Å². The van der Waals surface area contributed by atoms with E-state index in [4.69, 9.17) is 4.74 Å². The molecule has 4 nitrogen and oxygen atoms in total. The van der Waals surface area contributed by atoms with E-state index in [0.717, 1.165) is 25.1 Å². The first kappa shape index (κ1) is 17.6. The molecule has 0 saturated carbocycles. The molecule has 0 bridgehead atoms. The minimum Gasteiger partial charge on any atom is -0.373 e. The van der Waals surface area contributed by atoms with Crippen LogP contribution in [-0.4, -0.2) is 24.0 Å². The summed E-state index contributed by atoms with van der Waals surface area (Å²) in [6, 6.07) is 14.3. The summed E-state index contributed by atoms with van der Waals surface area (Å²) in [5, 5.41) is 3.09. The molecule has 2 atom stereocenters. The molecule has 4 heteroatoms. The molecular weight excluding hydrogens is 312 g/mol. The summed E-state index contributed by atoms with van der Waals surface area (Å²) in [6.07, 6.45) is 5.12. The van der Waals surface area contributed by atoms with Gasteiger partial charge < -0.3 is 10.1 Å². The SMILES string of the molecule is Cc1ccc([C@H]2OCCC[C@@H]2CNC(=O)CCc2ccccn2)cc1. The third-order valence-corrected chi connectivity index (χ3v) is 4.75. The van der Waals surface area contributed by atoms with Crippen LogP contribution in [0.2, 0.25) is 0 Å². The van der Waals surface area contributed by atoms with Crippen molar-refractivity contribution in [1.29, 1.82) is 0 Å². The smallest absolute Gasteiger partial charge is 0.220 e. The summed E-state index contributed by atoms with van der Waals surface area (Å²) in [5.41, 5.74) is 3.41. The molecule has 1 aliphatic heterocycles. The largest absolute Gasteiger partial charge is 0.373 e. The van der Waals surface area contributed by atoms with Gasteiger partial charge in [-0.25, -0.2) is 0 Å². The van der Waals surface area contributed by atoms with Crippen LogP contribution in [0.1, 0.15) is 42.2 Å². The van der Waals surface area contributed by atoms with Crippen LogP contribution in [0.25, 0.3) is 0 Å². The molecule has 3 rings (SSSR count). The van der Waals surface area contributed by atoms with Gasteiger partial charge in [-0.2, -0.15) is 0 Å². The minimum absolute atomic E-state index is 0.0745. The Bertz CT molecular complexity index is 670. The molecule has 0 spiro atoms. The van der Waals surface area contributed by atoms with Gasteiger partial charge in [0, 0.05) is 37.4 Å². The monoisotopic (exact) mass is 338 g/mol. The lowest BCUT2D eigenvalue weighted by Crippen LogP contribution is -2.35. The zero-order valence-corrected chi connectivity index (χ0v) is 14.8. The first-order valence-electron chi connectivity index (χ1n) is 9.07. The van der Waals surface area contributed by atoms with Gasteiger partial charge in [0.15, 0.2) is 0 Å². The lowest BCUT2D eigenvalue weighted by molar-refractivity contribution is -0.121. The van der Waals surface area contributed by atoms with Crippen molar-refractivity contribution < 1.29 is 9.53 Å². The number of aromatic nitrogens is 1. The number of nitrogens with zero attached hydrogens (tertiary/aromatic N) is 1. The maximum Gasteiger partial charge on any atom is 0.220 e.